The molecule has 146 valence electrons. The average molecular weight is 392 g/mol. The lowest BCUT2D eigenvalue weighted by Gasteiger charge is -2.15. The first-order chi connectivity index (χ1) is 13.2. The van der Waals surface area contributed by atoms with Crippen LogP contribution in [0.2, 0.25) is 0 Å². The Balaban J connectivity index is 1.89. The molecule has 28 heavy (non-hydrogen) atoms. The molecule has 2 rings (SSSR count). The zero-order valence-corrected chi connectivity index (χ0v) is 14.6. The Morgan fingerprint density at radius 2 is 1.89 bits per heavy atom. The van der Waals surface area contributed by atoms with Crippen LogP contribution in [0.3, 0.4) is 0 Å². The van der Waals surface area contributed by atoms with Crippen LogP contribution in [0.15, 0.2) is 48.5 Å². The second-order valence-corrected chi connectivity index (χ2v) is 5.59. The van der Waals surface area contributed by atoms with Crippen molar-refractivity contribution < 1.29 is 32.2 Å². The molecule has 2 aromatic carbocycles. The molecule has 0 aliphatic rings. The standard InChI is InChI=1S/C19H15F3N2O4/c1-12(18(26)24-16-8-3-2-5-13(16)10-23)28-17(25)11-27-15-7-4-6-14(9-15)19(20,21)22/h2-9,12H,11H2,1H3,(H,24,26)/t12-/m0/s1. The third-order valence-corrected chi connectivity index (χ3v) is 3.50. The molecule has 0 aliphatic heterocycles. The number of anilines is 1. The van der Waals surface area contributed by atoms with Gasteiger partial charge in [-0.15, -0.1) is 0 Å². The van der Waals surface area contributed by atoms with Crippen LogP contribution < -0.4 is 10.1 Å². The van der Waals surface area contributed by atoms with Gasteiger partial charge in [0.2, 0.25) is 0 Å². The van der Waals surface area contributed by atoms with E-state index in [9.17, 15) is 22.8 Å². The fraction of sp³-hybridized carbons (Fsp3) is 0.211. The van der Waals surface area contributed by atoms with Crippen molar-refractivity contribution in [2.75, 3.05) is 11.9 Å². The maximum absolute atomic E-state index is 12.6. The monoisotopic (exact) mass is 392 g/mol. The number of nitrogens with zero attached hydrogens (tertiary/aromatic N) is 1. The number of amides is 1. The Morgan fingerprint density at radius 1 is 1.18 bits per heavy atom. The van der Waals surface area contributed by atoms with Gasteiger partial charge in [0.15, 0.2) is 12.7 Å². The molecule has 2 aromatic rings. The number of halogens is 3. The molecule has 0 saturated carbocycles. The van der Waals surface area contributed by atoms with Gasteiger partial charge in [-0.3, -0.25) is 4.79 Å². The molecule has 1 N–H and O–H groups in total. The number of rotatable bonds is 6. The van der Waals surface area contributed by atoms with E-state index in [2.05, 4.69) is 5.32 Å². The van der Waals surface area contributed by atoms with E-state index in [0.717, 1.165) is 18.2 Å². The Morgan fingerprint density at radius 3 is 2.57 bits per heavy atom. The van der Waals surface area contributed by atoms with E-state index < -0.39 is 36.3 Å². The molecule has 0 radical (unpaired) electrons. The average Bonchev–Trinajstić information content (AvgIpc) is 2.66. The van der Waals surface area contributed by atoms with Crippen molar-refractivity contribution in [1.29, 1.82) is 5.26 Å². The number of para-hydroxylation sites is 1. The van der Waals surface area contributed by atoms with Crippen molar-refractivity contribution in [3.05, 3.63) is 59.7 Å². The molecule has 0 heterocycles. The van der Waals surface area contributed by atoms with Crippen LogP contribution >= 0.6 is 0 Å². The first kappa shape index (κ1) is 20.8. The largest absolute Gasteiger partial charge is 0.482 e. The van der Waals surface area contributed by atoms with E-state index in [1.165, 1.54) is 25.1 Å². The molecule has 6 nitrogen and oxygen atoms in total. The summed E-state index contributed by atoms with van der Waals surface area (Å²) in [4.78, 5) is 23.9. The number of carbonyl (C=O) groups is 2. The molecule has 0 bridgehead atoms. The highest BCUT2D eigenvalue weighted by Gasteiger charge is 2.30. The van der Waals surface area contributed by atoms with Crippen LogP contribution in [-0.4, -0.2) is 24.6 Å². The van der Waals surface area contributed by atoms with Crippen molar-refractivity contribution >= 4 is 17.6 Å². The highest BCUT2D eigenvalue weighted by molar-refractivity contribution is 5.96. The van der Waals surface area contributed by atoms with Crippen LogP contribution in [0.4, 0.5) is 18.9 Å². The van der Waals surface area contributed by atoms with E-state index in [1.807, 2.05) is 6.07 Å². The fourth-order valence-corrected chi connectivity index (χ4v) is 2.11. The number of nitriles is 1. The number of carbonyl (C=O) groups excluding carboxylic acids is 2. The normalized spacial score (nSPS) is 11.8. The molecule has 0 saturated heterocycles. The van der Waals surface area contributed by atoms with E-state index in [-0.39, 0.29) is 17.0 Å². The summed E-state index contributed by atoms with van der Waals surface area (Å²) in [7, 11) is 0. The summed E-state index contributed by atoms with van der Waals surface area (Å²) >= 11 is 0. The number of ether oxygens (including phenoxy) is 2. The van der Waals surface area contributed by atoms with Gasteiger partial charge in [0.25, 0.3) is 5.91 Å². The van der Waals surface area contributed by atoms with Gasteiger partial charge in [0, 0.05) is 0 Å². The predicted molar refractivity (Wildman–Crippen MR) is 92.3 cm³/mol. The van der Waals surface area contributed by atoms with Crippen LogP contribution in [0.25, 0.3) is 0 Å². The summed E-state index contributed by atoms with van der Waals surface area (Å²) in [5.41, 5.74) is -0.414. The lowest BCUT2D eigenvalue weighted by molar-refractivity contribution is -0.155. The number of hydrogen-bond donors (Lipinski definition) is 1. The Kier molecular flexibility index (Phi) is 6.60. The Hall–Kier alpha value is -3.54. The molecule has 0 aliphatic carbocycles. The molecule has 0 aromatic heterocycles. The summed E-state index contributed by atoms with van der Waals surface area (Å²) in [6, 6.07) is 12.2. The van der Waals surface area contributed by atoms with Crippen molar-refractivity contribution in [2.45, 2.75) is 19.2 Å². The van der Waals surface area contributed by atoms with E-state index in [0.29, 0.717) is 0 Å². The molecule has 0 fully saturated rings. The summed E-state index contributed by atoms with van der Waals surface area (Å²) in [5, 5.41) is 11.4. The topological polar surface area (TPSA) is 88.4 Å². The minimum atomic E-state index is -4.54. The molecule has 0 unspecified atom stereocenters. The van der Waals surface area contributed by atoms with Gasteiger partial charge >= 0.3 is 12.1 Å². The van der Waals surface area contributed by atoms with Crippen LogP contribution in [-0.2, 0) is 20.5 Å². The third kappa shape index (κ3) is 5.74. The fourth-order valence-electron chi connectivity index (χ4n) is 2.11. The Labute approximate surface area is 158 Å². The number of esters is 1. The first-order valence-corrected chi connectivity index (χ1v) is 8.00. The summed E-state index contributed by atoms with van der Waals surface area (Å²) < 4.78 is 47.8. The van der Waals surface area contributed by atoms with Crippen molar-refractivity contribution in [2.24, 2.45) is 0 Å². The number of alkyl halides is 3. The van der Waals surface area contributed by atoms with Crippen LogP contribution in [0.1, 0.15) is 18.1 Å². The molecular weight excluding hydrogens is 377 g/mol. The highest BCUT2D eigenvalue weighted by Crippen LogP contribution is 2.31. The number of hydrogen-bond acceptors (Lipinski definition) is 5. The maximum atomic E-state index is 12.6. The van der Waals surface area contributed by atoms with E-state index in [1.54, 1.807) is 12.1 Å². The molecule has 9 heteroatoms. The molecule has 1 amide bonds. The SMILES string of the molecule is C[C@H](OC(=O)COc1cccc(C(F)(F)F)c1)C(=O)Nc1ccccc1C#N. The maximum Gasteiger partial charge on any atom is 0.416 e. The second kappa shape index (κ2) is 8.90. The molecule has 0 spiro atoms. The van der Waals surface area contributed by atoms with Gasteiger partial charge in [0.1, 0.15) is 11.8 Å². The van der Waals surface area contributed by atoms with Crippen LogP contribution in [0.5, 0.6) is 5.75 Å². The minimum absolute atomic E-state index is 0.160. The third-order valence-electron chi connectivity index (χ3n) is 3.50. The zero-order chi connectivity index (χ0) is 20.7. The summed E-state index contributed by atoms with van der Waals surface area (Å²) in [6.07, 6.45) is -5.74. The van der Waals surface area contributed by atoms with Crippen LogP contribution in [0, 0.1) is 11.3 Å². The van der Waals surface area contributed by atoms with Gasteiger partial charge < -0.3 is 14.8 Å². The smallest absolute Gasteiger partial charge is 0.416 e. The molecular formula is C19H15F3N2O4. The lowest BCUT2D eigenvalue weighted by atomic mass is 10.2. The number of benzene rings is 2. The van der Waals surface area contributed by atoms with E-state index >= 15 is 0 Å². The summed E-state index contributed by atoms with van der Waals surface area (Å²) in [6.45, 7) is 0.639. The quantitative estimate of drug-likeness (QED) is 0.760. The lowest BCUT2D eigenvalue weighted by Crippen LogP contribution is -2.31. The number of nitrogens with one attached hydrogen (secondary N) is 1. The van der Waals surface area contributed by atoms with Crippen molar-refractivity contribution in [3.63, 3.8) is 0 Å². The zero-order valence-electron chi connectivity index (χ0n) is 14.6. The minimum Gasteiger partial charge on any atom is -0.482 e. The summed E-state index contributed by atoms with van der Waals surface area (Å²) in [5.74, 6) is -1.77. The van der Waals surface area contributed by atoms with Gasteiger partial charge in [-0.25, -0.2) is 4.79 Å². The van der Waals surface area contributed by atoms with Gasteiger partial charge in [0.05, 0.1) is 16.8 Å². The van der Waals surface area contributed by atoms with Gasteiger partial charge in [-0.1, -0.05) is 18.2 Å². The molecule has 1 atom stereocenters. The van der Waals surface area contributed by atoms with E-state index in [4.69, 9.17) is 14.7 Å². The van der Waals surface area contributed by atoms with Crippen molar-refractivity contribution in [3.8, 4) is 11.8 Å². The van der Waals surface area contributed by atoms with Gasteiger partial charge in [-0.05, 0) is 37.3 Å². The first-order valence-electron chi connectivity index (χ1n) is 8.00. The Bertz CT molecular complexity index is 907. The van der Waals surface area contributed by atoms with Gasteiger partial charge in [-0.2, -0.15) is 18.4 Å². The second-order valence-electron chi connectivity index (χ2n) is 5.59. The highest BCUT2D eigenvalue weighted by atomic mass is 19.4. The predicted octanol–water partition coefficient (Wildman–Crippen LogP) is 3.53. The van der Waals surface area contributed by atoms with Crippen molar-refractivity contribution in [1.82, 2.24) is 0 Å².